The Morgan fingerprint density at radius 1 is 1.19 bits per heavy atom. The maximum absolute atomic E-state index is 11.9. The number of hydrogen-bond acceptors (Lipinski definition) is 4. The number of halogens is 2. The summed E-state index contributed by atoms with van der Waals surface area (Å²) in [5, 5.41) is 5.50. The molecule has 1 N–H and O–H groups in total. The van der Waals surface area contributed by atoms with Gasteiger partial charge in [0.1, 0.15) is 0 Å². The van der Waals surface area contributed by atoms with E-state index in [1.165, 1.54) is 11.3 Å². The van der Waals surface area contributed by atoms with Crippen LogP contribution in [0.5, 0.6) is 0 Å². The molecule has 1 heterocycles. The molecule has 21 heavy (non-hydrogen) atoms. The zero-order valence-electron chi connectivity index (χ0n) is 10.9. The fourth-order valence-electron chi connectivity index (χ4n) is 1.61. The number of carbonyl (C=O) groups is 2. The largest absolute Gasteiger partial charge is 0.302 e. The van der Waals surface area contributed by atoms with Crippen LogP contribution < -0.4 is 5.32 Å². The Morgan fingerprint density at radius 2 is 1.90 bits per heavy atom. The number of Topliss-reactive ketones (excluding diaryl/α,β-unsaturated/α-hetero) is 1. The third-order valence-electron chi connectivity index (χ3n) is 2.68. The molecular formula is C14H12Cl2N2O2S. The molecular weight excluding hydrogens is 331 g/mol. The van der Waals surface area contributed by atoms with Gasteiger partial charge < -0.3 is 5.32 Å². The number of hydrogen-bond donors (Lipinski definition) is 1. The van der Waals surface area contributed by atoms with Gasteiger partial charge in [-0.3, -0.25) is 9.59 Å². The lowest BCUT2D eigenvalue weighted by molar-refractivity contribution is -0.116. The van der Waals surface area contributed by atoms with Crippen molar-refractivity contribution in [2.45, 2.75) is 18.7 Å². The van der Waals surface area contributed by atoms with E-state index in [0.29, 0.717) is 27.3 Å². The van der Waals surface area contributed by atoms with Crippen molar-refractivity contribution in [2.75, 3.05) is 5.32 Å². The molecule has 0 aliphatic heterocycles. The molecule has 0 spiro atoms. The number of nitrogens with zero attached hydrogens (tertiary/aromatic N) is 1. The van der Waals surface area contributed by atoms with Crippen molar-refractivity contribution in [1.82, 2.24) is 4.98 Å². The fourth-order valence-corrected chi connectivity index (χ4v) is 2.70. The molecule has 2 rings (SSSR count). The molecule has 0 fully saturated rings. The topological polar surface area (TPSA) is 59.1 Å². The van der Waals surface area contributed by atoms with Gasteiger partial charge in [0.2, 0.25) is 5.91 Å². The van der Waals surface area contributed by atoms with E-state index in [1.54, 1.807) is 29.6 Å². The van der Waals surface area contributed by atoms with Crippen LogP contribution in [0.15, 0.2) is 29.6 Å². The first kappa shape index (κ1) is 15.9. The van der Waals surface area contributed by atoms with E-state index in [1.807, 2.05) is 0 Å². The molecule has 0 atom stereocenters. The summed E-state index contributed by atoms with van der Waals surface area (Å²) >= 11 is 12.7. The van der Waals surface area contributed by atoms with Crippen molar-refractivity contribution in [1.29, 1.82) is 0 Å². The zero-order chi connectivity index (χ0) is 15.2. The second kappa shape index (κ2) is 7.54. The summed E-state index contributed by atoms with van der Waals surface area (Å²) < 4.78 is 0. The average molecular weight is 343 g/mol. The Labute approximate surface area is 136 Å². The Balaban J connectivity index is 1.83. The second-order valence-electron chi connectivity index (χ2n) is 4.26. The number of ketones is 1. The SMILES string of the molecule is O=C(CCC(=O)c1ccc(Cl)cc1)Nc1nc(CCl)cs1. The molecule has 0 aliphatic carbocycles. The molecule has 1 amide bonds. The Bertz CT molecular complexity index is 641. The molecule has 4 nitrogen and oxygen atoms in total. The van der Waals surface area contributed by atoms with Gasteiger partial charge in [-0.15, -0.1) is 22.9 Å². The summed E-state index contributed by atoms with van der Waals surface area (Å²) in [7, 11) is 0. The number of alkyl halides is 1. The van der Waals surface area contributed by atoms with Gasteiger partial charge in [0.05, 0.1) is 11.6 Å². The summed E-state index contributed by atoms with van der Waals surface area (Å²) in [6, 6.07) is 6.60. The molecule has 0 saturated heterocycles. The van der Waals surface area contributed by atoms with E-state index in [-0.39, 0.29) is 24.5 Å². The van der Waals surface area contributed by atoms with E-state index >= 15 is 0 Å². The predicted molar refractivity (Wildman–Crippen MR) is 85.3 cm³/mol. The lowest BCUT2D eigenvalue weighted by Gasteiger charge is -2.02. The van der Waals surface area contributed by atoms with Gasteiger partial charge >= 0.3 is 0 Å². The standard InChI is InChI=1S/C14H12Cl2N2O2S/c15-7-11-8-21-14(17-11)18-13(20)6-5-12(19)9-1-3-10(16)4-2-9/h1-4,8H,5-7H2,(H,17,18,20). The van der Waals surface area contributed by atoms with Gasteiger partial charge in [-0.05, 0) is 24.3 Å². The predicted octanol–water partition coefficient (Wildman–Crippen LogP) is 4.14. The van der Waals surface area contributed by atoms with Gasteiger partial charge in [0.15, 0.2) is 10.9 Å². The number of anilines is 1. The van der Waals surface area contributed by atoms with Crippen molar-refractivity contribution < 1.29 is 9.59 Å². The monoisotopic (exact) mass is 342 g/mol. The number of rotatable bonds is 6. The fraction of sp³-hybridized carbons (Fsp3) is 0.214. The van der Waals surface area contributed by atoms with Gasteiger partial charge in [-0.2, -0.15) is 0 Å². The molecule has 0 unspecified atom stereocenters. The highest BCUT2D eigenvalue weighted by atomic mass is 35.5. The Kier molecular flexibility index (Phi) is 5.73. The van der Waals surface area contributed by atoms with Crippen molar-refractivity contribution in [3.05, 3.63) is 45.9 Å². The highest BCUT2D eigenvalue weighted by Gasteiger charge is 2.11. The maximum Gasteiger partial charge on any atom is 0.226 e. The normalized spacial score (nSPS) is 10.4. The van der Waals surface area contributed by atoms with Crippen LogP contribution in [0, 0.1) is 0 Å². The van der Waals surface area contributed by atoms with E-state index in [9.17, 15) is 9.59 Å². The lowest BCUT2D eigenvalue weighted by Crippen LogP contribution is -2.13. The van der Waals surface area contributed by atoms with Crippen LogP contribution in [0.3, 0.4) is 0 Å². The number of benzene rings is 1. The first-order valence-corrected chi connectivity index (χ1v) is 7.96. The maximum atomic E-state index is 11.9. The van der Waals surface area contributed by atoms with E-state index < -0.39 is 0 Å². The number of thiazole rings is 1. The van der Waals surface area contributed by atoms with Gasteiger partial charge in [0.25, 0.3) is 0 Å². The molecule has 0 saturated carbocycles. The lowest BCUT2D eigenvalue weighted by atomic mass is 10.1. The zero-order valence-corrected chi connectivity index (χ0v) is 13.3. The smallest absolute Gasteiger partial charge is 0.226 e. The van der Waals surface area contributed by atoms with Gasteiger partial charge in [-0.25, -0.2) is 4.98 Å². The number of nitrogens with one attached hydrogen (secondary N) is 1. The van der Waals surface area contributed by atoms with E-state index in [4.69, 9.17) is 23.2 Å². The highest BCUT2D eigenvalue weighted by Crippen LogP contribution is 2.17. The van der Waals surface area contributed by atoms with Gasteiger partial charge in [-0.1, -0.05) is 11.6 Å². The number of carbonyl (C=O) groups excluding carboxylic acids is 2. The number of amides is 1. The Hall–Kier alpha value is -1.43. The van der Waals surface area contributed by atoms with E-state index in [0.717, 1.165) is 0 Å². The molecule has 2 aromatic rings. The summed E-state index contributed by atoms with van der Waals surface area (Å²) in [5.41, 5.74) is 1.26. The molecule has 110 valence electrons. The third-order valence-corrected chi connectivity index (χ3v) is 4.01. The molecule has 0 radical (unpaired) electrons. The van der Waals surface area contributed by atoms with Crippen molar-refractivity contribution in [3.8, 4) is 0 Å². The second-order valence-corrected chi connectivity index (χ2v) is 5.82. The molecule has 1 aromatic heterocycles. The minimum absolute atomic E-state index is 0.0950. The van der Waals surface area contributed by atoms with Crippen LogP contribution in [0.25, 0.3) is 0 Å². The van der Waals surface area contributed by atoms with Crippen molar-refractivity contribution in [2.24, 2.45) is 0 Å². The van der Waals surface area contributed by atoms with E-state index in [2.05, 4.69) is 10.3 Å². The van der Waals surface area contributed by atoms with Crippen LogP contribution >= 0.6 is 34.5 Å². The molecule has 1 aromatic carbocycles. The average Bonchev–Trinajstić information content (AvgIpc) is 2.93. The van der Waals surface area contributed by atoms with Crippen molar-refractivity contribution in [3.63, 3.8) is 0 Å². The minimum atomic E-state index is -0.243. The molecule has 0 aliphatic rings. The first-order chi connectivity index (χ1) is 10.1. The molecule has 7 heteroatoms. The van der Waals surface area contributed by atoms with Crippen molar-refractivity contribution >= 4 is 51.4 Å². The third kappa shape index (κ3) is 4.81. The molecule has 0 bridgehead atoms. The minimum Gasteiger partial charge on any atom is -0.302 e. The summed E-state index contributed by atoms with van der Waals surface area (Å²) in [5.74, 6) is -0.0308. The summed E-state index contributed by atoms with van der Waals surface area (Å²) in [6.45, 7) is 0. The van der Waals surface area contributed by atoms with Gasteiger partial charge in [0, 0.05) is 28.8 Å². The first-order valence-electron chi connectivity index (χ1n) is 6.17. The quantitative estimate of drug-likeness (QED) is 0.634. The van der Waals surface area contributed by atoms with Crippen LogP contribution in [-0.4, -0.2) is 16.7 Å². The number of aromatic nitrogens is 1. The van der Waals surface area contributed by atoms with Crippen LogP contribution in [0.2, 0.25) is 5.02 Å². The Morgan fingerprint density at radius 3 is 2.52 bits per heavy atom. The highest BCUT2D eigenvalue weighted by molar-refractivity contribution is 7.13. The van der Waals surface area contributed by atoms with Crippen LogP contribution in [-0.2, 0) is 10.7 Å². The van der Waals surface area contributed by atoms with Crippen LogP contribution in [0.4, 0.5) is 5.13 Å². The van der Waals surface area contributed by atoms with Crippen LogP contribution in [0.1, 0.15) is 28.9 Å². The summed E-state index contributed by atoms with van der Waals surface area (Å²) in [4.78, 5) is 27.8. The summed E-state index contributed by atoms with van der Waals surface area (Å²) in [6.07, 6.45) is 0.248.